The lowest BCUT2D eigenvalue weighted by molar-refractivity contribution is -0.132. The van der Waals surface area contributed by atoms with Gasteiger partial charge in [0, 0.05) is 45.1 Å². The predicted molar refractivity (Wildman–Crippen MR) is 94.9 cm³/mol. The van der Waals surface area contributed by atoms with Crippen molar-refractivity contribution in [2.24, 2.45) is 5.92 Å². The topological polar surface area (TPSA) is 61.4 Å². The van der Waals surface area contributed by atoms with E-state index in [1.165, 1.54) is 32.1 Å². The van der Waals surface area contributed by atoms with Crippen LogP contribution in [-0.2, 0) is 11.2 Å². The van der Waals surface area contributed by atoms with Gasteiger partial charge in [0.15, 0.2) is 0 Å². The number of carbonyl (C=O) groups excluding carboxylic acids is 1. The van der Waals surface area contributed by atoms with E-state index in [4.69, 9.17) is 0 Å². The second-order valence-electron chi connectivity index (χ2n) is 7.16. The molecule has 1 aliphatic carbocycles. The van der Waals surface area contributed by atoms with E-state index in [9.17, 15) is 4.79 Å². The zero-order chi connectivity index (χ0) is 16.8. The molecular weight excluding hydrogens is 302 g/mol. The zero-order valence-corrected chi connectivity index (χ0v) is 14.7. The lowest BCUT2D eigenvalue weighted by Crippen LogP contribution is -2.47. The van der Waals surface area contributed by atoms with Gasteiger partial charge in [-0.05, 0) is 31.4 Å². The average Bonchev–Trinajstić information content (AvgIpc) is 2.62. The summed E-state index contributed by atoms with van der Waals surface area (Å²) >= 11 is 0. The molecule has 1 saturated heterocycles. The zero-order valence-electron chi connectivity index (χ0n) is 14.7. The van der Waals surface area contributed by atoms with Gasteiger partial charge in [0.1, 0.15) is 0 Å². The second kappa shape index (κ2) is 8.42. The van der Waals surface area contributed by atoms with Crippen LogP contribution in [0, 0.1) is 5.92 Å². The van der Waals surface area contributed by atoms with Gasteiger partial charge in [-0.2, -0.15) is 0 Å². The molecule has 6 nitrogen and oxygen atoms in total. The van der Waals surface area contributed by atoms with Crippen LogP contribution in [0.15, 0.2) is 12.4 Å². The third-order valence-corrected chi connectivity index (χ3v) is 5.19. The summed E-state index contributed by atoms with van der Waals surface area (Å²) in [7, 11) is 2.09. The highest BCUT2D eigenvalue weighted by atomic mass is 16.2. The Labute approximate surface area is 144 Å². The summed E-state index contributed by atoms with van der Waals surface area (Å²) in [5.74, 6) is 1.60. The summed E-state index contributed by atoms with van der Waals surface area (Å²) in [6, 6.07) is 0. The number of rotatable bonds is 5. The Morgan fingerprint density at radius 1 is 1.12 bits per heavy atom. The molecule has 0 aromatic carbocycles. The van der Waals surface area contributed by atoms with Crippen molar-refractivity contribution in [3.05, 3.63) is 18.0 Å². The number of nitrogens with zero attached hydrogens (tertiary/aromatic N) is 4. The third kappa shape index (κ3) is 4.90. The molecule has 1 N–H and O–H groups in total. The van der Waals surface area contributed by atoms with E-state index < -0.39 is 0 Å². The Morgan fingerprint density at radius 2 is 1.79 bits per heavy atom. The van der Waals surface area contributed by atoms with Crippen LogP contribution in [-0.4, -0.2) is 65.4 Å². The molecule has 24 heavy (non-hydrogen) atoms. The third-order valence-electron chi connectivity index (χ3n) is 5.19. The first-order valence-corrected chi connectivity index (χ1v) is 9.22. The van der Waals surface area contributed by atoms with Crippen molar-refractivity contribution in [1.82, 2.24) is 19.8 Å². The van der Waals surface area contributed by atoms with Crippen LogP contribution in [0.1, 0.15) is 37.7 Å². The molecule has 0 spiro atoms. The van der Waals surface area contributed by atoms with E-state index in [0.29, 0.717) is 12.4 Å². The van der Waals surface area contributed by atoms with E-state index >= 15 is 0 Å². The van der Waals surface area contributed by atoms with E-state index in [1.54, 1.807) is 12.4 Å². The van der Waals surface area contributed by atoms with Gasteiger partial charge in [-0.3, -0.25) is 4.79 Å². The smallest absolute Gasteiger partial charge is 0.227 e. The second-order valence-corrected chi connectivity index (χ2v) is 7.16. The van der Waals surface area contributed by atoms with Gasteiger partial charge in [-0.15, -0.1) is 0 Å². The highest BCUT2D eigenvalue weighted by molar-refractivity contribution is 5.78. The van der Waals surface area contributed by atoms with Crippen molar-refractivity contribution in [3.8, 4) is 0 Å². The molecule has 132 valence electrons. The highest BCUT2D eigenvalue weighted by Gasteiger charge is 2.19. The van der Waals surface area contributed by atoms with Crippen LogP contribution in [0.25, 0.3) is 0 Å². The minimum atomic E-state index is 0.176. The molecule has 2 fully saturated rings. The van der Waals surface area contributed by atoms with Gasteiger partial charge < -0.3 is 15.1 Å². The quantitative estimate of drug-likeness (QED) is 0.891. The Hall–Kier alpha value is -1.69. The van der Waals surface area contributed by atoms with Gasteiger partial charge in [0.05, 0.1) is 6.42 Å². The molecule has 1 aromatic heterocycles. The van der Waals surface area contributed by atoms with Gasteiger partial charge in [0.25, 0.3) is 0 Å². The van der Waals surface area contributed by atoms with E-state index in [-0.39, 0.29) is 5.91 Å². The Kier molecular flexibility index (Phi) is 6.01. The first-order valence-electron chi connectivity index (χ1n) is 9.22. The molecule has 1 amide bonds. The molecule has 1 aliphatic heterocycles. The maximum atomic E-state index is 12.3. The lowest BCUT2D eigenvalue weighted by Gasteiger charge is -2.32. The number of piperazine rings is 1. The predicted octanol–water partition coefficient (Wildman–Crippen LogP) is 1.79. The molecule has 1 saturated carbocycles. The van der Waals surface area contributed by atoms with Crippen molar-refractivity contribution in [2.45, 2.75) is 38.5 Å². The molecule has 0 bridgehead atoms. The molecule has 2 aliphatic rings. The van der Waals surface area contributed by atoms with Crippen LogP contribution < -0.4 is 5.32 Å². The van der Waals surface area contributed by atoms with Crippen LogP contribution in [0.5, 0.6) is 0 Å². The first kappa shape index (κ1) is 17.1. The highest BCUT2D eigenvalue weighted by Crippen LogP contribution is 2.23. The fourth-order valence-corrected chi connectivity index (χ4v) is 3.51. The summed E-state index contributed by atoms with van der Waals surface area (Å²) in [4.78, 5) is 25.3. The van der Waals surface area contributed by atoms with Crippen LogP contribution in [0.2, 0.25) is 0 Å². The van der Waals surface area contributed by atoms with Crippen molar-refractivity contribution in [3.63, 3.8) is 0 Å². The SMILES string of the molecule is CN1CCN(C(=O)Cc2cnc(NCC3CCCCC3)nc2)CC1. The fourth-order valence-electron chi connectivity index (χ4n) is 3.51. The first-order chi connectivity index (χ1) is 11.7. The number of nitrogens with one attached hydrogen (secondary N) is 1. The molecule has 1 aromatic rings. The largest absolute Gasteiger partial charge is 0.354 e. The molecule has 2 heterocycles. The van der Waals surface area contributed by atoms with E-state index in [0.717, 1.165) is 44.2 Å². The molecule has 0 unspecified atom stereocenters. The summed E-state index contributed by atoms with van der Waals surface area (Å²) in [5.41, 5.74) is 0.891. The lowest BCUT2D eigenvalue weighted by atomic mass is 9.89. The van der Waals surface area contributed by atoms with Crippen LogP contribution >= 0.6 is 0 Å². The van der Waals surface area contributed by atoms with Crippen molar-refractivity contribution >= 4 is 11.9 Å². The number of aromatic nitrogens is 2. The maximum Gasteiger partial charge on any atom is 0.227 e. The molecule has 0 atom stereocenters. The Bertz CT molecular complexity index is 519. The van der Waals surface area contributed by atoms with Gasteiger partial charge in [0.2, 0.25) is 11.9 Å². The minimum absolute atomic E-state index is 0.176. The average molecular weight is 331 g/mol. The summed E-state index contributed by atoms with van der Waals surface area (Å²) in [5, 5.41) is 3.34. The fraction of sp³-hybridized carbons (Fsp3) is 0.722. The van der Waals surface area contributed by atoms with E-state index in [1.807, 2.05) is 4.90 Å². The standard InChI is InChI=1S/C18H29N5O/c1-22-7-9-23(10-8-22)17(24)11-16-13-20-18(21-14-16)19-12-15-5-3-2-4-6-15/h13-15H,2-12H2,1H3,(H,19,20,21). The number of likely N-dealkylation sites (N-methyl/N-ethyl adjacent to an activating group) is 1. The Morgan fingerprint density at radius 3 is 2.46 bits per heavy atom. The van der Waals surface area contributed by atoms with Gasteiger partial charge in [-0.1, -0.05) is 19.3 Å². The number of carbonyl (C=O) groups is 1. The van der Waals surface area contributed by atoms with Crippen molar-refractivity contribution < 1.29 is 4.79 Å². The van der Waals surface area contributed by atoms with Crippen LogP contribution in [0.3, 0.4) is 0 Å². The summed E-state index contributed by atoms with van der Waals surface area (Å²) < 4.78 is 0. The maximum absolute atomic E-state index is 12.3. The van der Waals surface area contributed by atoms with Crippen molar-refractivity contribution in [1.29, 1.82) is 0 Å². The monoisotopic (exact) mass is 331 g/mol. The van der Waals surface area contributed by atoms with Gasteiger partial charge >= 0.3 is 0 Å². The van der Waals surface area contributed by atoms with E-state index in [2.05, 4.69) is 27.2 Å². The molecular formula is C18H29N5O. The minimum Gasteiger partial charge on any atom is -0.354 e. The summed E-state index contributed by atoms with van der Waals surface area (Å²) in [6.45, 7) is 4.49. The molecule has 6 heteroatoms. The summed E-state index contributed by atoms with van der Waals surface area (Å²) in [6.07, 6.45) is 10.7. The number of hydrogen-bond acceptors (Lipinski definition) is 5. The van der Waals surface area contributed by atoms with Crippen molar-refractivity contribution in [2.75, 3.05) is 45.1 Å². The molecule has 3 rings (SSSR count). The normalized spacial score (nSPS) is 20.1. The number of anilines is 1. The van der Waals surface area contributed by atoms with Gasteiger partial charge in [-0.25, -0.2) is 9.97 Å². The molecule has 0 radical (unpaired) electrons. The number of hydrogen-bond donors (Lipinski definition) is 1. The number of amides is 1. The Balaban J connectivity index is 1.44. The van der Waals surface area contributed by atoms with Crippen LogP contribution in [0.4, 0.5) is 5.95 Å².